The van der Waals surface area contributed by atoms with Gasteiger partial charge in [-0.15, -0.1) is 0 Å². The second-order valence-electron chi connectivity index (χ2n) is 13.2. The number of carbonyl (C=O) groups is 1. The van der Waals surface area contributed by atoms with Crippen molar-refractivity contribution in [3.8, 4) is 16.9 Å². The van der Waals surface area contributed by atoms with Crippen LogP contribution in [0.15, 0.2) is 48.5 Å². The van der Waals surface area contributed by atoms with Gasteiger partial charge < -0.3 is 24.8 Å². The van der Waals surface area contributed by atoms with Crippen molar-refractivity contribution in [2.45, 2.75) is 79.1 Å². The van der Waals surface area contributed by atoms with Crippen LogP contribution >= 0.6 is 0 Å². The summed E-state index contributed by atoms with van der Waals surface area (Å²) in [5.41, 5.74) is 5.40. The predicted molar refractivity (Wildman–Crippen MR) is 169 cm³/mol. The molecule has 8 heteroatoms. The van der Waals surface area contributed by atoms with E-state index in [9.17, 15) is 14.3 Å². The Morgan fingerprint density at radius 1 is 1.09 bits per heavy atom. The fraction of sp³-hybridized carbons (Fsp3) is 0.486. The maximum atomic E-state index is 13.2. The number of aromatic nitrogens is 1. The molecule has 1 aromatic heterocycles. The van der Waals surface area contributed by atoms with Crippen LogP contribution in [0.5, 0.6) is 5.75 Å². The van der Waals surface area contributed by atoms with Gasteiger partial charge in [0.15, 0.2) is 6.10 Å². The van der Waals surface area contributed by atoms with E-state index in [1.54, 1.807) is 12.1 Å². The molecule has 1 aliphatic rings. The molecule has 7 nitrogen and oxygen atoms in total. The molecule has 1 fully saturated rings. The number of pyridine rings is 1. The number of nitrogens with one attached hydrogen (secondary N) is 1. The number of hydrogen-bond donors (Lipinski definition) is 2. The van der Waals surface area contributed by atoms with Gasteiger partial charge in [-0.1, -0.05) is 38.1 Å². The molecule has 43 heavy (non-hydrogen) atoms. The molecular formula is C35H46FN3O4. The maximum Gasteiger partial charge on any atom is 0.337 e. The lowest BCUT2D eigenvalue weighted by molar-refractivity contribution is -0.160. The minimum absolute atomic E-state index is 0.216. The number of rotatable bonds is 11. The van der Waals surface area contributed by atoms with Crippen LogP contribution in [-0.2, 0) is 22.5 Å². The van der Waals surface area contributed by atoms with Crippen LogP contribution in [0.4, 0.5) is 10.1 Å². The minimum Gasteiger partial charge on any atom is -0.493 e. The number of ether oxygens (including phenoxy) is 2. The van der Waals surface area contributed by atoms with E-state index in [1.165, 1.54) is 12.1 Å². The summed E-state index contributed by atoms with van der Waals surface area (Å²) in [6.45, 7) is 14.7. The molecule has 1 atom stereocenters. The van der Waals surface area contributed by atoms with Crippen LogP contribution in [-0.4, -0.2) is 48.4 Å². The summed E-state index contributed by atoms with van der Waals surface area (Å²) >= 11 is 0. The van der Waals surface area contributed by atoms with Crippen molar-refractivity contribution in [3.05, 3.63) is 76.9 Å². The van der Waals surface area contributed by atoms with Crippen LogP contribution in [0.3, 0.4) is 0 Å². The number of aliphatic carboxylic acids is 1. The quantitative estimate of drug-likeness (QED) is 0.246. The summed E-state index contributed by atoms with van der Waals surface area (Å²) in [5.74, 6) is -0.559. The molecule has 4 rings (SSSR count). The third-order valence-corrected chi connectivity index (χ3v) is 7.92. The SMILES string of the molecule is CNCc1nc(C)c([C@H](OC(C)(C)C)C(=O)O)c(N2CCC(C)(C)CC2)c1-c1ccc(OCCc2ccc(F)cc2)cc1. The summed E-state index contributed by atoms with van der Waals surface area (Å²) in [5, 5.41) is 13.7. The molecule has 2 N–H and O–H groups in total. The Hall–Kier alpha value is -3.49. The first kappa shape index (κ1) is 32.4. The molecule has 0 amide bonds. The van der Waals surface area contributed by atoms with E-state index in [-0.39, 0.29) is 11.2 Å². The zero-order valence-electron chi connectivity index (χ0n) is 26.6. The van der Waals surface area contributed by atoms with Crippen molar-refractivity contribution in [2.75, 3.05) is 31.6 Å². The number of anilines is 1. The second-order valence-corrected chi connectivity index (χ2v) is 13.2. The van der Waals surface area contributed by atoms with Crippen LogP contribution in [0.25, 0.3) is 11.1 Å². The van der Waals surface area contributed by atoms with Crippen molar-refractivity contribution < 1.29 is 23.8 Å². The number of benzene rings is 2. The van der Waals surface area contributed by atoms with Crippen molar-refractivity contribution in [2.24, 2.45) is 5.41 Å². The van der Waals surface area contributed by atoms with E-state index in [2.05, 4.69) is 24.1 Å². The number of carboxylic acid groups (broad SMARTS) is 1. The van der Waals surface area contributed by atoms with Crippen molar-refractivity contribution in [1.82, 2.24) is 10.3 Å². The van der Waals surface area contributed by atoms with Gasteiger partial charge in [-0.05, 0) is 88.4 Å². The van der Waals surface area contributed by atoms with Crippen LogP contribution in [0.1, 0.15) is 76.1 Å². The molecule has 1 aliphatic heterocycles. The Bertz CT molecular complexity index is 1390. The Kier molecular flexibility index (Phi) is 10.1. The van der Waals surface area contributed by atoms with Gasteiger partial charge in [0.1, 0.15) is 11.6 Å². The van der Waals surface area contributed by atoms with E-state index in [0.717, 1.165) is 59.8 Å². The first-order chi connectivity index (χ1) is 20.3. The molecule has 0 aliphatic carbocycles. The highest BCUT2D eigenvalue weighted by Gasteiger charge is 2.36. The Morgan fingerprint density at radius 2 is 1.72 bits per heavy atom. The third kappa shape index (κ3) is 8.33. The first-order valence-corrected chi connectivity index (χ1v) is 15.1. The van der Waals surface area contributed by atoms with E-state index in [1.807, 2.05) is 59.0 Å². The Labute approximate surface area is 255 Å². The maximum absolute atomic E-state index is 13.2. The smallest absolute Gasteiger partial charge is 0.337 e. The summed E-state index contributed by atoms with van der Waals surface area (Å²) in [7, 11) is 1.89. The van der Waals surface area contributed by atoms with Gasteiger partial charge in [0.2, 0.25) is 0 Å². The molecular weight excluding hydrogens is 545 g/mol. The second kappa shape index (κ2) is 13.4. The van der Waals surface area contributed by atoms with Gasteiger partial charge in [0.05, 0.1) is 23.6 Å². The predicted octanol–water partition coefficient (Wildman–Crippen LogP) is 7.10. The van der Waals surface area contributed by atoms with E-state index < -0.39 is 17.7 Å². The number of hydrogen-bond acceptors (Lipinski definition) is 6. The van der Waals surface area contributed by atoms with Gasteiger partial charge in [-0.25, -0.2) is 9.18 Å². The zero-order chi connectivity index (χ0) is 31.4. The number of halogens is 1. The molecule has 2 heterocycles. The van der Waals surface area contributed by atoms with E-state index in [0.29, 0.717) is 30.8 Å². The highest BCUT2D eigenvalue weighted by molar-refractivity contribution is 5.88. The van der Waals surface area contributed by atoms with E-state index in [4.69, 9.17) is 14.5 Å². The monoisotopic (exact) mass is 591 g/mol. The highest BCUT2D eigenvalue weighted by Crippen LogP contribution is 2.45. The summed E-state index contributed by atoms with van der Waals surface area (Å²) < 4.78 is 25.5. The van der Waals surface area contributed by atoms with Crippen molar-refractivity contribution >= 4 is 11.7 Å². The Morgan fingerprint density at radius 3 is 2.28 bits per heavy atom. The fourth-order valence-electron chi connectivity index (χ4n) is 5.58. The van der Waals surface area contributed by atoms with Crippen LogP contribution in [0, 0.1) is 18.2 Å². The number of piperidine rings is 1. The molecule has 0 spiro atoms. The lowest BCUT2D eigenvalue weighted by atomic mass is 9.81. The highest BCUT2D eigenvalue weighted by atomic mass is 19.1. The van der Waals surface area contributed by atoms with Gasteiger partial charge in [0.25, 0.3) is 0 Å². The minimum atomic E-state index is -1.17. The number of nitrogens with zero attached hydrogens (tertiary/aromatic N) is 2. The molecule has 1 saturated heterocycles. The molecule has 0 saturated carbocycles. The summed E-state index contributed by atoms with van der Waals surface area (Å²) in [4.78, 5) is 20.1. The third-order valence-electron chi connectivity index (χ3n) is 7.92. The number of aryl methyl sites for hydroxylation is 1. The standard InChI is InChI=1S/C35H46FN3O4/c1-23-29(32(33(40)41)43-34(2,3)4)31(39-19-17-35(5,6)18-20-39)30(28(38-23)22-37-7)25-10-14-27(15-11-25)42-21-16-24-8-12-26(36)13-9-24/h8-15,32,37H,16-22H2,1-7H3,(H,40,41)/t32-/m0/s1. The topological polar surface area (TPSA) is 83.9 Å². The fourth-order valence-corrected chi connectivity index (χ4v) is 5.58. The zero-order valence-corrected chi connectivity index (χ0v) is 26.6. The largest absolute Gasteiger partial charge is 0.493 e. The van der Waals surface area contributed by atoms with Crippen molar-refractivity contribution in [3.63, 3.8) is 0 Å². The van der Waals surface area contributed by atoms with Gasteiger partial charge >= 0.3 is 5.97 Å². The average Bonchev–Trinajstić information content (AvgIpc) is 2.93. The summed E-state index contributed by atoms with van der Waals surface area (Å²) in [6.07, 6.45) is 1.48. The van der Waals surface area contributed by atoms with Crippen LogP contribution in [0.2, 0.25) is 0 Å². The molecule has 232 valence electrons. The van der Waals surface area contributed by atoms with Crippen molar-refractivity contribution in [1.29, 1.82) is 0 Å². The molecule has 2 aromatic carbocycles. The molecule has 3 aromatic rings. The molecule has 0 radical (unpaired) electrons. The normalized spacial score (nSPS) is 15.8. The summed E-state index contributed by atoms with van der Waals surface area (Å²) in [6, 6.07) is 14.4. The van der Waals surface area contributed by atoms with Gasteiger partial charge in [0, 0.05) is 42.9 Å². The lowest BCUT2D eigenvalue weighted by Crippen LogP contribution is -2.39. The van der Waals surface area contributed by atoms with Gasteiger partial charge in [-0.2, -0.15) is 0 Å². The molecule has 0 unspecified atom stereocenters. The lowest BCUT2D eigenvalue weighted by Gasteiger charge is -2.41. The molecule has 0 bridgehead atoms. The van der Waals surface area contributed by atoms with E-state index >= 15 is 0 Å². The first-order valence-electron chi connectivity index (χ1n) is 15.1. The average molecular weight is 592 g/mol. The van der Waals surface area contributed by atoms with Gasteiger partial charge in [-0.3, -0.25) is 4.98 Å². The Balaban J connectivity index is 1.77. The number of carboxylic acids is 1. The van der Waals surface area contributed by atoms with Crippen LogP contribution < -0.4 is 15.0 Å².